The Balaban J connectivity index is 1.97. The van der Waals surface area contributed by atoms with E-state index in [0.717, 1.165) is 10.2 Å². The maximum atomic E-state index is 13.2. The van der Waals surface area contributed by atoms with Crippen LogP contribution in [0.2, 0.25) is 0 Å². The predicted molar refractivity (Wildman–Crippen MR) is 113 cm³/mol. The lowest BCUT2D eigenvalue weighted by atomic mass is 9.95. The van der Waals surface area contributed by atoms with E-state index in [9.17, 15) is 14.4 Å². The van der Waals surface area contributed by atoms with Crippen molar-refractivity contribution < 1.29 is 4.79 Å². The SMILES string of the molecule is Cn1nc(-c2ccccc2)c(-c2ccccc2)c(C(=O)Nc2ccnc(=O)[nH]2)c1=O. The van der Waals surface area contributed by atoms with E-state index in [1.807, 2.05) is 60.7 Å². The summed E-state index contributed by atoms with van der Waals surface area (Å²) >= 11 is 0. The first-order chi connectivity index (χ1) is 14.5. The summed E-state index contributed by atoms with van der Waals surface area (Å²) in [6, 6.07) is 19.9. The largest absolute Gasteiger partial charge is 0.346 e. The van der Waals surface area contributed by atoms with Crippen LogP contribution in [0.4, 0.5) is 5.82 Å². The average Bonchev–Trinajstić information content (AvgIpc) is 2.76. The summed E-state index contributed by atoms with van der Waals surface area (Å²) in [6.45, 7) is 0. The number of amides is 1. The summed E-state index contributed by atoms with van der Waals surface area (Å²) in [4.78, 5) is 43.6. The lowest BCUT2D eigenvalue weighted by Crippen LogP contribution is -2.31. The van der Waals surface area contributed by atoms with Gasteiger partial charge in [-0.1, -0.05) is 60.7 Å². The van der Waals surface area contributed by atoms with Crippen LogP contribution in [0.5, 0.6) is 0 Å². The number of aromatic nitrogens is 4. The summed E-state index contributed by atoms with van der Waals surface area (Å²) in [5, 5.41) is 7.02. The molecule has 2 heterocycles. The third-order valence-corrected chi connectivity index (χ3v) is 4.50. The number of benzene rings is 2. The number of aromatic amines is 1. The third kappa shape index (κ3) is 3.66. The van der Waals surface area contributed by atoms with Gasteiger partial charge in [0.1, 0.15) is 11.4 Å². The minimum atomic E-state index is -0.657. The molecule has 2 N–H and O–H groups in total. The molecule has 0 fully saturated rings. The fourth-order valence-electron chi connectivity index (χ4n) is 3.15. The van der Waals surface area contributed by atoms with Crippen molar-refractivity contribution in [2.24, 2.45) is 7.05 Å². The van der Waals surface area contributed by atoms with Gasteiger partial charge in [0.25, 0.3) is 11.5 Å². The van der Waals surface area contributed by atoms with E-state index < -0.39 is 17.2 Å². The van der Waals surface area contributed by atoms with Crippen LogP contribution in [-0.2, 0) is 7.05 Å². The minimum absolute atomic E-state index is 0.0739. The van der Waals surface area contributed by atoms with Crippen LogP contribution >= 0.6 is 0 Å². The van der Waals surface area contributed by atoms with Crippen molar-refractivity contribution in [3.05, 3.63) is 99.3 Å². The molecule has 0 saturated carbocycles. The van der Waals surface area contributed by atoms with E-state index in [-0.39, 0.29) is 11.4 Å². The molecule has 0 aliphatic carbocycles. The van der Waals surface area contributed by atoms with Crippen molar-refractivity contribution in [1.82, 2.24) is 19.7 Å². The van der Waals surface area contributed by atoms with Gasteiger partial charge in [-0.2, -0.15) is 5.10 Å². The summed E-state index contributed by atoms with van der Waals surface area (Å²) < 4.78 is 1.14. The topological polar surface area (TPSA) is 110 Å². The maximum absolute atomic E-state index is 13.2. The molecule has 0 radical (unpaired) electrons. The number of hydrogen-bond donors (Lipinski definition) is 2. The molecule has 0 atom stereocenters. The lowest BCUT2D eigenvalue weighted by Gasteiger charge is -2.15. The summed E-state index contributed by atoms with van der Waals surface area (Å²) in [5.41, 5.74) is 1.12. The van der Waals surface area contributed by atoms with Gasteiger partial charge in [-0.3, -0.25) is 14.6 Å². The lowest BCUT2D eigenvalue weighted by molar-refractivity contribution is 0.102. The van der Waals surface area contributed by atoms with E-state index >= 15 is 0 Å². The zero-order chi connectivity index (χ0) is 21.1. The number of aryl methyl sites for hydroxylation is 1. The van der Waals surface area contributed by atoms with Gasteiger partial charge in [0, 0.05) is 24.4 Å². The first-order valence-electron chi connectivity index (χ1n) is 9.13. The highest BCUT2D eigenvalue weighted by Crippen LogP contribution is 2.32. The van der Waals surface area contributed by atoms with Gasteiger partial charge in [-0.05, 0) is 11.6 Å². The molecule has 8 nitrogen and oxygen atoms in total. The Morgan fingerprint density at radius 2 is 1.57 bits per heavy atom. The molecule has 0 aliphatic rings. The van der Waals surface area contributed by atoms with Crippen molar-refractivity contribution in [2.75, 3.05) is 5.32 Å². The second-order valence-electron chi connectivity index (χ2n) is 6.50. The molecule has 0 aliphatic heterocycles. The Morgan fingerprint density at radius 3 is 2.20 bits per heavy atom. The molecule has 2 aromatic carbocycles. The van der Waals surface area contributed by atoms with Crippen molar-refractivity contribution in [2.45, 2.75) is 0 Å². The maximum Gasteiger partial charge on any atom is 0.346 e. The monoisotopic (exact) mass is 399 g/mol. The molecule has 1 amide bonds. The van der Waals surface area contributed by atoms with Gasteiger partial charge in [0.05, 0.1) is 5.69 Å². The molecular formula is C22H17N5O3. The van der Waals surface area contributed by atoms with E-state index in [1.54, 1.807) is 0 Å². The fourth-order valence-corrected chi connectivity index (χ4v) is 3.15. The normalized spacial score (nSPS) is 10.6. The quantitative estimate of drug-likeness (QED) is 0.548. The van der Waals surface area contributed by atoms with E-state index in [4.69, 9.17) is 0 Å². The molecule has 30 heavy (non-hydrogen) atoms. The average molecular weight is 399 g/mol. The first-order valence-corrected chi connectivity index (χ1v) is 9.13. The Kier molecular flexibility index (Phi) is 5.04. The van der Waals surface area contributed by atoms with Gasteiger partial charge < -0.3 is 5.32 Å². The van der Waals surface area contributed by atoms with Crippen molar-refractivity contribution in [3.63, 3.8) is 0 Å². The Bertz CT molecular complexity index is 1330. The molecule has 8 heteroatoms. The van der Waals surface area contributed by atoms with E-state index in [0.29, 0.717) is 16.8 Å². The predicted octanol–water partition coefficient (Wildman–Crippen LogP) is 2.45. The van der Waals surface area contributed by atoms with Gasteiger partial charge in [0.15, 0.2) is 0 Å². The number of carbonyl (C=O) groups excluding carboxylic acids is 1. The standard InChI is InChI=1S/C22H17N5O3/c1-27-21(29)18(20(28)24-16-12-13-23-22(30)25-16)17(14-8-4-2-5-9-14)19(26-27)15-10-6-3-7-11-15/h2-13H,1H3,(H2,23,24,25,28,30). The van der Waals surface area contributed by atoms with E-state index in [2.05, 4.69) is 20.4 Å². The van der Waals surface area contributed by atoms with Gasteiger partial charge in [0.2, 0.25) is 0 Å². The summed E-state index contributed by atoms with van der Waals surface area (Å²) in [6.07, 6.45) is 1.27. The number of H-pyrrole nitrogens is 1. The van der Waals surface area contributed by atoms with Crippen molar-refractivity contribution in [3.8, 4) is 22.4 Å². The summed E-state index contributed by atoms with van der Waals surface area (Å²) in [7, 11) is 1.49. The number of nitrogens with zero attached hydrogens (tertiary/aromatic N) is 3. The molecule has 2 aromatic heterocycles. The summed E-state index contributed by atoms with van der Waals surface area (Å²) in [5.74, 6) is -0.518. The second-order valence-corrected chi connectivity index (χ2v) is 6.50. The van der Waals surface area contributed by atoms with Crippen LogP contribution in [0.1, 0.15) is 10.4 Å². The molecule has 4 aromatic rings. The molecule has 0 bridgehead atoms. The molecule has 148 valence electrons. The molecule has 0 saturated heterocycles. The number of nitrogens with one attached hydrogen (secondary N) is 2. The number of hydrogen-bond acceptors (Lipinski definition) is 5. The zero-order valence-corrected chi connectivity index (χ0v) is 16.0. The molecular weight excluding hydrogens is 382 g/mol. The Morgan fingerprint density at radius 1 is 0.933 bits per heavy atom. The van der Waals surface area contributed by atoms with Crippen LogP contribution in [0, 0.1) is 0 Å². The first kappa shape index (κ1) is 19.0. The fraction of sp³-hybridized carbons (Fsp3) is 0.0455. The number of carbonyl (C=O) groups is 1. The highest BCUT2D eigenvalue weighted by Gasteiger charge is 2.24. The number of rotatable bonds is 4. The van der Waals surface area contributed by atoms with Gasteiger partial charge in [-0.15, -0.1) is 0 Å². The van der Waals surface area contributed by atoms with Crippen LogP contribution in [0.3, 0.4) is 0 Å². The molecule has 4 rings (SSSR count). The van der Waals surface area contributed by atoms with Crippen molar-refractivity contribution in [1.29, 1.82) is 0 Å². The van der Waals surface area contributed by atoms with Gasteiger partial charge in [-0.25, -0.2) is 14.5 Å². The van der Waals surface area contributed by atoms with Crippen LogP contribution in [0.25, 0.3) is 22.4 Å². The highest BCUT2D eigenvalue weighted by molar-refractivity contribution is 6.10. The Labute approximate surface area is 170 Å². The second kappa shape index (κ2) is 7.96. The van der Waals surface area contributed by atoms with Crippen LogP contribution < -0.4 is 16.6 Å². The minimum Gasteiger partial charge on any atom is -0.308 e. The Hall–Kier alpha value is -4.33. The van der Waals surface area contributed by atoms with Gasteiger partial charge >= 0.3 is 5.69 Å². The molecule has 0 spiro atoms. The third-order valence-electron chi connectivity index (χ3n) is 4.50. The van der Waals surface area contributed by atoms with Crippen LogP contribution in [0.15, 0.2) is 82.5 Å². The molecule has 0 unspecified atom stereocenters. The van der Waals surface area contributed by atoms with Crippen molar-refractivity contribution >= 4 is 11.7 Å². The highest BCUT2D eigenvalue weighted by atomic mass is 16.2. The zero-order valence-electron chi connectivity index (χ0n) is 16.0. The van der Waals surface area contributed by atoms with Crippen LogP contribution in [-0.4, -0.2) is 25.7 Å². The number of anilines is 1. The smallest absolute Gasteiger partial charge is 0.308 e. The van der Waals surface area contributed by atoms with E-state index in [1.165, 1.54) is 19.3 Å².